The highest BCUT2D eigenvalue weighted by Gasteiger charge is 2.18. The summed E-state index contributed by atoms with van der Waals surface area (Å²) < 4.78 is 10.8. The molecule has 0 atom stereocenters. The van der Waals surface area contributed by atoms with Gasteiger partial charge < -0.3 is 14.5 Å². The maximum absolute atomic E-state index is 12.1. The van der Waals surface area contributed by atoms with E-state index < -0.39 is 5.56 Å². The molecule has 1 aromatic heterocycles. The third-order valence-electron chi connectivity index (χ3n) is 3.40. The van der Waals surface area contributed by atoms with E-state index >= 15 is 0 Å². The summed E-state index contributed by atoms with van der Waals surface area (Å²) in [6.07, 6.45) is 4.09. The van der Waals surface area contributed by atoms with Gasteiger partial charge >= 0.3 is 0 Å². The van der Waals surface area contributed by atoms with Crippen molar-refractivity contribution in [3.8, 4) is 28.8 Å². The minimum Gasteiger partial charge on any atom is -0.493 e. The number of allylic oxidation sites excluding steroid dienone is 1. The Morgan fingerprint density at radius 3 is 2.71 bits per heavy atom. The van der Waals surface area contributed by atoms with Crippen LogP contribution in [0.15, 0.2) is 34.7 Å². The first kappa shape index (κ1) is 17.6. The van der Waals surface area contributed by atoms with Crippen molar-refractivity contribution in [2.45, 2.75) is 11.6 Å². The van der Waals surface area contributed by atoms with Crippen molar-refractivity contribution in [3.63, 3.8) is 0 Å². The van der Waals surface area contributed by atoms with Crippen LogP contribution in [0.2, 0.25) is 0 Å². The van der Waals surface area contributed by atoms with E-state index in [9.17, 15) is 10.1 Å². The van der Waals surface area contributed by atoms with Crippen molar-refractivity contribution >= 4 is 11.8 Å². The molecule has 0 saturated heterocycles. The zero-order valence-corrected chi connectivity index (χ0v) is 14.5. The van der Waals surface area contributed by atoms with Crippen LogP contribution in [-0.4, -0.2) is 30.4 Å². The molecule has 7 heteroatoms. The van der Waals surface area contributed by atoms with E-state index in [1.54, 1.807) is 25.5 Å². The number of nitrogens with one attached hydrogen (secondary N) is 1. The van der Waals surface area contributed by atoms with E-state index in [0.29, 0.717) is 34.3 Å². The second kappa shape index (κ2) is 7.70. The Bertz CT molecular complexity index is 869. The number of nitriles is 1. The van der Waals surface area contributed by atoms with E-state index in [2.05, 4.69) is 16.5 Å². The third-order valence-corrected chi connectivity index (χ3v) is 3.98. The predicted octanol–water partition coefficient (Wildman–Crippen LogP) is 2.78. The molecule has 6 nitrogen and oxygen atoms in total. The van der Waals surface area contributed by atoms with Crippen LogP contribution in [0.5, 0.6) is 11.5 Å². The first-order chi connectivity index (χ1) is 11.6. The first-order valence-electron chi connectivity index (χ1n) is 7.04. The Hall–Kier alpha value is -2.72. The van der Waals surface area contributed by atoms with Gasteiger partial charge in [0, 0.05) is 11.1 Å². The smallest absolute Gasteiger partial charge is 0.270 e. The van der Waals surface area contributed by atoms with E-state index in [0.717, 1.165) is 5.56 Å². The molecule has 0 bridgehead atoms. The lowest BCUT2D eigenvalue weighted by Crippen LogP contribution is -2.14. The molecule has 0 aliphatic carbocycles. The number of aromatic amines is 1. The van der Waals surface area contributed by atoms with E-state index in [1.165, 1.54) is 18.9 Å². The molecule has 0 aliphatic heterocycles. The Kier molecular flexibility index (Phi) is 5.66. The number of ether oxygens (including phenoxy) is 2. The van der Waals surface area contributed by atoms with E-state index in [4.69, 9.17) is 9.47 Å². The minimum absolute atomic E-state index is 0.0374. The number of rotatable bonds is 6. The fourth-order valence-corrected chi connectivity index (χ4v) is 2.73. The number of nitrogens with zero attached hydrogens (tertiary/aromatic N) is 2. The van der Waals surface area contributed by atoms with Crippen LogP contribution >= 0.6 is 11.8 Å². The molecule has 1 N–H and O–H groups in total. The van der Waals surface area contributed by atoms with Gasteiger partial charge in [0.25, 0.3) is 5.56 Å². The Balaban J connectivity index is 2.80. The molecule has 0 aliphatic rings. The summed E-state index contributed by atoms with van der Waals surface area (Å²) in [5.74, 6) is 1.10. The number of hydrogen-bond acceptors (Lipinski definition) is 6. The number of aromatic nitrogens is 2. The van der Waals surface area contributed by atoms with Gasteiger partial charge in [0.1, 0.15) is 11.6 Å². The first-order valence-corrected chi connectivity index (χ1v) is 8.26. The molecule has 2 aromatic rings. The number of H-pyrrole nitrogens is 1. The Morgan fingerprint density at radius 2 is 2.17 bits per heavy atom. The van der Waals surface area contributed by atoms with Crippen molar-refractivity contribution in [2.24, 2.45) is 0 Å². The molecule has 0 unspecified atom stereocenters. The van der Waals surface area contributed by atoms with E-state index in [-0.39, 0.29) is 5.56 Å². The molecular weight excluding hydrogens is 326 g/mol. The standard InChI is InChI=1S/C17H17N3O3S/c1-5-6-10-7-11(8-13(22-2)15(10)23-3)14-12(9-18)16(21)20-17(19-14)24-4/h5,7-8H,1,6H2,2-4H3,(H,19,20,21). The van der Waals surface area contributed by atoms with E-state index in [1.807, 2.05) is 12.1 Å². The average molecular weight is 343 g/mol. The van der Waals surface area contributed by atoms with Gasteiger partial charge in [-0.2, -0.15) is 5.26 Å². The zero-order chi connectivity index (χ0) is 17.7. The summed E-state index contributed by atoms with van der Waals surface area (Å²) in [6, 6.07) is 5.46. The highest BCUT2D eigenvalue weighted by molar-refractivity contribution is 7.98. The monoisotopic (exact) mass is 343 g/mol. The van der Waals surface area contributed by atoms with Crippen LogP contribution < -0.4 is 15.0 Å². The number of hydrogen-bond donors (Lipinski definition) is 1. The van der Waals surface area contributed by atoms with Crippen LogP contribution in [0, 0.1) is 11.3 Å². The maximum Gasteiger partial charge on any atom is 0.270 e. The Labute approximate surface area is 144 Å². The van der Waals surface area contributed by atoms with Gasteiger partial charge in [0.2, 0.25) is 0 Å². The fourth-order valence-electron chi connectivity index (χ4n) is 2.35. The highest BCUT2D eigenvalue weighted by Crippen LogP contribution is 2.37. The number of methoxy groups -OCH3 is 2. The molecule has 0 saturated carbocycles. The van der Waals surface area contributed by atoms with Gasteiger partial charge in [-0.05, 0) is 24.8 Å². The van der Waals surface area contributed by atoms with Crippen molar-refractivity contribution in [1.82, 2.24) is 9.97 Å². The van der Waals surface area contributed by atoms with Crippen molar-refractivity contribution in [3.05, 3.63) is 46.3 Å². The summed E-state index contributed by atoms with van der Waals surface area (Å²) in [7, 11) is 3.09. The van der Waals surface area contributed by atoms with Gasteiger partial charge in [-0.25, -0.2) is 4.98 Å². The molecule has 0 spiro atoms. The van der Waals surface area contributed by atoms with Crippen molar-refractivity contribution in [1.29, 1.82) is 5.26 Å². The molecule has 0 radical (unpaired) electrons. The fraction of sp³-hybridized carbons (Fsp3) is 0.235. The summed E-state index contributed by atoms with van der Waals surface area (Å²) >= 11 is 1.29. The molecule has 24 heavy (non-hydrogen) atoms. The third kappa shape index (κ3) is 3.29. The van der Waals surface area contributed by atoms with Crippen LogP contribution in [0.4, 0.5) is 0 Å². The van der Waals surface area contributed by atoms with Gasteiger partial charge in [-0.3, -0.25) is 4.79 Å². The maximum atomic E-state index is 12.1. The topological polar surface area (TPSA) is 88.0 Å². The van der Waals surface area contributed by atoms with Crippen molar-refractivity contribution in [2.75, 3.05) is 20.5 Å². The summed E-state index contributed by atoms with van der Waals surface area (Å²) in [6.45, 7) is 3.74. The Morgan fingerprint density at radius 1 is 1.42 bits per heavy atom. The number of benzene rings is 1. The molecule has 1 heterocycles. The van der Waals surface area contributed by atoms with Crippen molar-refractivity contribution < 1.29 is 9.47 Å². The van der Waals surface area contributed by atoms with Gasteiger partial charge in [0.15, 0.2) is 16.7 Å². The lowest BCUT2D eigenvalue weighted by atomic mass is 10.0. The molecule has 2 rings (SSSR count). The largest absolute Gasteiger partial charge is 0.493 e. The normalized spacial score (nSPS) is 10.1. The summed E-state index contributed by atoms with van der Waals surface area (Å²) in [5.41, 5.74) is 1.26. The number of thioether (sulfide) groups is 1. The minimum atomic E-state index is -0.466. The average Bonchev–Trinajstić information content (AvgIpc) is 2.60. The molecule has 124 valence electrons. The van der Waals surface area contributed by atoms with Crippen LogP contribution in [-0.2, 0) is 6.42 Å². The van der Waals surface area contributed by atoms with Crippen LogP contribution in [0.25, 0.3) is 11.3 Å². The lowest BCUT2D eigenvalue weighted by molar-refractivity contribution is 0.352. The van der Waals surface area contributed by atoms with Gasteiger partial charge in [-0.15, -0.1) is 6.58 Å². The second-order valence-corrected chi connectivity index (χ2v) is 5.57. The van der Waals surface area contributed by atoms with Crippen LogP contribution in [0.1, 0.15) is 11.1 Å². The van der Waals surface area contributed by atoms with Gasteiger partial charge in [-0.1, -0.05) is 17.8 Å². The summed E-state index contributed by atoms with van der Waals surface area (Å²) in [5, 5.41) is 9.77. The SMILES string of the molecule is C=CCc1cc(-c2nc(SC)[nH]c(=O)c2C#N)cc(OC)c1OC. The quantitative estimate of drug-likeness (QED) is 0.493. The van der Waals surface area contributed by atoms with Gasteiger partial charge in [0.05, 0.1) is 19.9 Å². The summed E-state index contributed by atoms with van der Waals surface area (Å²) in [4.78, 5) is 19.1. The molecular formula is C17H17N3O3S. The van der Waals surface area contributed by atoms with Crippen LogP contribution in [0.3, 0.4) is 0 Å². The predicted molar refractivity (Wildman–Crippen MR) is 93.8 cm³/mol. The zero-order valence-electron chi connectivity index (χ0n) is 13.7. The second-order valence-electron chi connectivity index (χ2n) is 4.77. The lowest BCUT2D eigenvalue weighted by Gasteiger charge is -2.15. The molecule has 1 aromatic carbocycles. The molecule has 0 amide bonds. The molecule has 0 fully saturated rings. The highest BCUT2D eigenvalue weighted by atomic mass is 32.2.